The number of rotatable bonds is 6. The molecular formula is C26H28N2O5S. The zero-order chi connectivity index (χ0) is 24.6. The summed E-state index contributed by atoms with van der Waals surface area (Å²) in [5.41, 5.74) is 2.92. The molecule has 1 atom stereocenters. The van der Waals surface area contributed by atoms with Crippen molar-refractivity contribution >= 4 is 23.7 Å². The highest BCUT2D eigenvalue weighted by molar-refractivity contribution is 7.98. The molecule has 0 spiro atoms. The summed E-state index contributed by atoms with van der Waals surface area (Å²) >= 11 is 1.58. The number of cyclic esters (lactones) is 2. The Bertz CT molecular complexity index is 1200. The van der Waals surface area contributed by atoms with Crippen LogP contribution in [0.2, 0.25) is 0 Å². The number of esters is 2. The molecular weight excluding hydrogens is 452 g/mol. The van der Waals surface area contributed by atoms with Crippen molar-refractivity contribution < 1.29 is 23.8 Å². The van der Waals surface area contributed by atoms with Crippen LogP contribution >= 0.6 is 11.8 Å². The highest BCUT2D eigenvalue weighted by Gasteiger charge is 2.51. The molecule has 1 aromatic heterocycles. The maximum Gasteiger partial charge on any atom is 0.324 e. The molecule has 0 radical (unpaired) electrons. The predicted octanol–water partition coefficient (Wildman–Crippen LogP) is 4.09. The van der Waals surface area contributed by atoms with Crippen molar-refractivity contribution in [2.24, 2.45) is 5.92 Å². The van der Waals surface area contributed by atoms with Crippen LogP contribution in [0.5, 0.6) is 0 Å². The van der Waals surface area contributed by atoms with E-state index in [1.54, 1.807) is 18.7 Å². The smallest absolute Gasteiger partial charge is 0.324 e. The summed E-state index contributed by atoms with van der Waals surface area (Å²) in [5.74, 6) is -4.67. The fourth-order valence-electron chi connectivity index (χ4n) is 4.36. The molecule has 0 unspecified atom stereocenters. The summed E-state index contributed by atoms with van der Waals surface area (Å²) < 4.78 is 13.6. The Morgan fingerprint density at radius 3 is 2.18 bits per heavy atom. The van der Waals surface area contributed by atoms with Crippen LogP contribution in [0.25, 0.3) is 0 Å². The molecule has 2 heterocycles. The number of hydrogen-bond donors (Lipinski definition) is 0. The number of hydrogen-bond acceptors (Lipinski definition) is 6. The number of aromatic nitrogens is 2. The topological polar surface area (TPSA) is 84.5 Å². The molecule has 0 aliphatic carbocycles. The number of carbonyl (C=O) groups excluding carboxylic acids is 2. The summed E-state index contributed by atoms with van der Waals surface area (Å²) in [5, 5.41) is 13.5. The molecule has 7 nitrogen and oxygen atoms in total. The van der Waals surface area contributed by atoms with Crippen molar-refractivity contribution in [1.82, 2.24) is 4.57 Å². The first kappa shape index (κ1) is 23.9. The largest absolute Gasteiger partial charge is 0.711 e. The lowest BCUT2D eigenvalue weighted by Crippen LogP contribution is -2.50. The van der Waals surface area contributed by atoms with Gasteiger partial charge in [-0.25, -0.2) is 9.30 Å². The molecule has 1 fully saturated rings. The van der Waals surface area contributed by atoms with E-state index in [0.717, 1.165) is 20.9 Å². The average molecular weight is 481 g/mol. The quantitative estimate of drug-likeness (QED) is 0.174. The van der Waals surface area contributed by atoms with Gasteiger partial charge in [0.05, 0.1) is 0 Å². The zero-order valence-corrected chi connectivity index (χ0v) is 20.7. The van der Waals surface area contributed by atoms with Gasteiger partial charge in [0.1, 0.15) is 23.9 Å². The molecule has 0 amide bonds. The number of ether oxygens (including phenoxy) is 2. The molecule has 0 bridgehead atoms. The third kappa shape index (κ3) is 4.42. The molecule has 3 aromatic rings. The van der Waals surface area contributed by atoms with E-state index in [4.69, 9.17) is 9.47 Å². The van der Waals surface area contributed by atoms with Crippen LogP contribution in [-0.2, 0) is 25.6 Å². The van der Waals surface area contributed by atoms with Gasteiger partial charge >= 0.3 is 11.9 Å². The summed E-state index contributed by atoms with van der Waals surface area (Å²) in [6.07, 6.45) is 1.97. The molecule has 178 valence electrons. The standard InChI is InChI=1S/C26H28N2O5S/c1-16-17(2)28(31)23(27(16)15-18-9-7-6-8-10-18)21(19-11-13-20(34-5)14-12-19)22-24(29)32-26(3,4)33-25(22)30/h6-14,21-22H,15H2,1-5H3/t21-/m1/s1. The third-order valence-electron chi connectivity index (χ3n) is 6.19. The molecule has 2 aromatic carbocycles. The van der Waals surface area contributed by atoms with Crippen LogP contribution in [0.1, 0.15) is 48.1 Å². The van der Waals surface area contributed by atoms with Crippen LogP contribution in [0.15, 0.2) is 59.5 Å². The minimum absolute atomic E-state index is 0.300. The lowest BCUT2D eigenvalue weighted by molar-refractivity contribution is -0.621. The van der Waals surface area contributed by atoms with E-state index in [1.807, 2.05) is 72.3 Å². The summed E-state index contributed by atoms with van der Waals surface area (Å²) in [6.45, 7) is 7.05. The monoisotopic (exact) mass is 480 g/mol. The molecule has 0 saturated carbocycles. The number of benzene rings is 2. The summed E-state index contributed by atoms with van der Waals surface area (Å²) in [7, 11) is 0. The molecule has 1 aliphatic heterocycles. The second kappa shape index (κ2) is 9.18. The Morgan fingerprint density at radius 2 is 1.62 bits per heavy atom. The van der Waals surface area contributed by atoms with Crippen molar-refractivity contribution in [2.75, 3.05) is 6.26 Å². The average Bonchev–Trinajstić information content (AvgIpc) is 3.00. The summed E-state index contributed by atoms with van der Waals surface area (Å²) in [6, 6.07) is 17.3. The van der Waals surface area contributed by atoms with Crippen molar-refractivity contribution in [3.05, 3.63) is 88.1 Å². The Morgan fingerprint density at radius 1 is 1.03 bits per heavy atom. The van der Waals surface area contributed by atoms with Crippen LogP contribution in [0, 0.1) is 25.0 Å². The molecule has 4 rings (SSSR count). The van der Waals surface area contributed by atoms with Gasteiger partial charge in [-0.05, 0) is 29.5 Å². The Balaban J connectivity index is 1.91. The van der Waals surface area contributed by atoms with Gasteiger partial charge in [0.15, 0.2) is 5.92 Å². The summed E-state index contributed by atoms with van der Waals surface area (Å²) in [4.78, 5) is 27.3. The Hall–Kier alpha value is -3.26. The van der Waals surface area contributed by atoms with Crippen LogP contribution < -0.4 is 4.73 Å². The van der Waals surface area contributed by atoms with E-state index in [-0.39, 0.29) is 0 Å². The van der Waals surface area contributed by atoms with E-state index in [0.29, 0.717) is 23.6 Å². The number of carbonyl (C=O) groups is 2. The van der Waals surface area contributed by atoms with Crippen molar-refractivity contribution in [2.45, 2.75) is 50.8 Å². The molecule has 8 heteroatoms. The van der Waals surface area contributed by atoms with Gasteiger partial charge in [-0.3, -0.25) is 9.59 Å². The van der Waals surface area contributed by atoms with Gasteiger partial charge in [0.2, 0.25) is 0 Å². The van der Waals surface area contributed by atoms with Gasteiger partial charge in [0, 0.05) is 32.6 Å². The normalized spacial score (nSPS) is 16.7. The minimum atomic E-state index is -1.36. The Kier molecular flexibility index (Phi) is 6.45. The van der Waals surface area contributed by atoms with Gasteiger partial charge < -0.3 is 14.7 Å². The van der Waals surface area contributed by atoms with E-state index >= 15 is 0 Å². The lowest BCUT2D eigenvalue weighted by atomic mass is 9.84. The predicted molar refractivity (Wildman–Crippen MR) is 128 cm³/mol. The molecule has 34 heavy (non-hydrogen) atoms. The molecule has 0 N–H and O–H groups in total. The van der Waals surface area contributed by atoms with Gasteiger partial charge in [0.25, 0.3) is 11.6 Å². The maximum atomic E-state index is 13.5. The van der Waals surface area contributed by atoms with Gasteiger partial charge in [-0.2, -0.15) is 0 Å². The highest BCUT2D eigenvalue weighted by Crippen LogP contribution is 2.38. The van der Waals surface area contributed by atoms with Crippen molar-refractivity contribution in [3.8, 4) is 0 Å². The van der Waals surface area contributed by atoms with Crippen LogP contribution in [0.3, 0.4) is 0 Å². The number of imidazole rings is 1. The van der Waals surface area contributed by atoms with Crippen molar-refractivity contribution in [3.63, 3.8) is 0 Å². The van der Waals surface area contributed by atoms with E-state index in [2.05, 4.69) is 0 Å². The first-order valence-corrected chi connectivity index (χ1v) is 12.3. The minimum Gasteiger partial charge on any atom is -0.711 e. The fraction of sp³-hybridized carbons (Fsp3) is 0.346. The van der Waals surface area contributed by atoms with Crippen LogP contribution in [0.4, 0.5) is 0 Å². The zero-order valence-electron chi connectivity index (χ0n) is 19.9. The van der Waals surface area contributed by atoms with Gasteiger partial charge in [-0.1, -0.05) is 42.5 Å². The third-order valence-corrected chi connectivity index (χ3v) is 6.93. The second-order valence-corrected chi connectivity index (χ2v) is 9.75. The van der Waals surface area contributed by atoms with Gasteiger partial charge in [-0.15, -0.1) is 11.8 Å². The first-order chi connectivity index (χ1) is 16.1. The molecule has 1 saturated heterocycles. The first-order valence-electron chi connectivity index (χ1n) is 11.1. The lowest BCUT2D eigenvalue weighted by Gasteiger charge is -2.35. The molecule has 1 aliphatic rings. The number of thioether (sulfide) groups is 1. The van der Waals surface area contributed by atoms with Crippen LogP contribution in [-0.4, -0.2) is 28.5 Å². The maximum absolute atomic E-state index is 13.5. The van der Waals surface area contributed by atoms with Crippen molar-refractivity contribution in [1.29, 1.82) is 0 Å². The fourth-order valence-corrected chi connectivity index (χ4v) is 4.77. The SMILES string of the molecule is CSc1ccc([C@@H](c2n(Cc3ccccc3)c(C)c(C)[n+]2[O-])C2C(=O)OC(C)(C)OC2=O)cc1. The Labute approximate surface area is 203 Å². The van der Waals surface area contributed by atoms with E-state index in [1.165, 1.54) is 13.8 Å². The number of nitrogens with zero attached hydrogens (tertiary/aromatic N) is 2. The van der Waals surface area contributed by atoms with E-state index in [9.17, 15) is 14.8 Å². The highest BCUT2D eigenvalue weighted by atomic mass is 32.2. The van der Waals surface area contributed by atoms with E-state index < -0.39 is 29.6 Å². The second-order valence-electron chi connectivity index (χ2n) is 8.87.